The number of aryl methyl sites for hydroxylation is 1. The van der Waals surface area contributed by atoms with E-state index in [1.807, 2.05) is 54.7 Å². The summed E-state index contributed by atoms with van der Waals surface area (Å²) in [4.78, 5) is 15.7. The number of aromatic nitrogens is 7. The van der Waals surface area contributed by atoms with Crippen molar-refractivity contribution in [1.82, 2.24) is 34.5 Å². The van der Waals surface area contributed by atoms with Gasteiger partial charge in [-0.3, -0.25) is 9.36 Å². The van der Waals surface area contributed by atoms with Crippen LogP contribution in [-0.4, -0.2) is 52.6 Å². The van der Waals surface area contributed by atoms with Crippen LogP contribution in [0.25, 0.3) is 33.2 Å². The van der Waals surface area contributed by atoms with E-state index in [0.717, 1.165) is 70.4 Å². The molecule has 0 aliphatic carbocycles. The number of H-pyrrole nitrogens is 1. The molecule has 1 aliphatic heterocycles. The fourth-order valence-corrected chi connectivity index (χ4v) is 6.06. The van der Waals surface area contributed by atoms with Gasteiger partial charge in [-0.25, -0.2) is 9.97 Å². The van der Waals surface area contributed by atoms with Crippen LogP contribution in [0.5, 0.6) is 0 Å². The Hall–Kier alpha value is -3.43. The van der Waals surface area contributed by atoms with Crippen molar-refractivity contribution in [2.45, 2.75) is 64.2 Å². The molecular weight excluding hydrogens is 486 g/mol. The zero-order chi connectivity index (χ0) is 25.7. The molecule has 6 rings (SSSR count). The molecule has 5 heterocycles. The van der Waals surface area contributed by atoms with Crippen molar-refractivity contribution in [3.63, 3.8) is 0 Å². The van der Waals surface area contributed by atoms with E-state index in [2.05, 4.69) is 28.8 Å². The van der Waals surface area contributed by atoms with E-state index >= 15 is 0 Å². The lowest BCUT2D eigenvalue weighted by atomic mass is 9.89. The number of anilines is 1. The topological polar surface area (TPSA) is 106 Å². The maximum absolute atomic E-state index is 6.94. The van der Waals surface area contributed by atoms with Crippen molar-refractivity contribution in [2.75, 3.05) is 4.90 Å². The van der Waals surface area contributed by atoms with Gasteiger partial charge in [-0.05, 0) is 37.8 Å². The van der Waals surface area contributed by atoms with E-state index in [4.69, 9.17) is 32.4 Å². The SMILES string of the molecule is CC[C@@H]1C[C@H](N)C[C@H](CC)N1c1cnc2c(-c3ccc4nn(Cc5ccn(C)n5)cc4c3Cl)c[nH]c2n1. The highest BCUT2D eigenvalue weighted by atomic mass is 35.5. The molecule has 10 heteroatoms. The average Bonchev–Trinajstić information content (AvgIpc) is 3.62. The number of aromatic amines is 1. The van der Waals surface area contributed by atoms with Gasteiger partial charge in [0.25, 0.3) is 0 Å². The van der Waals surface area contributed by atoms with Crippen LogP contribution in [0.4, 0.5) is 5.82 Å². The van der Waals surface area contributed by atoms with E-state index in [1.165, 1.54) is 0 Å². The highest BCUT2D eigenvalue weighted by molar-refractivity contribution is 6.38. The number of piperidine rings is 1. The summed E-state index contributed by atoms with van der Waals surface area (Å²) in [6.07, 6.45) is 11.8. The van der Waals surface area contributed by atoms with Crippen molar-refractivity contribution in [3.05, 3.63) is 53.7 Å². The van der Waals surface area contributed by atoms with Crippen molar-refractivity contribution in [3.8, 4) is 11.1 Å². The molecule has 0 amide bonds. The van der Waals surface area contributed by atoms with Gasteiger partial charge >= 0.3 is 0 Å². The molecular formula is C27H32ClN9. The van der Waals surface area contributed by atoms with Gasteiger partial charge in [-0.2, -0.15) is 10.2 Å². The van der Waals surface area contributed by atoms with E-state index in [-0.39, 0.29) is 6.04 Å². The second kappa shape index (κ2) is 9.46. The summed E-state index contributed by atoms with van der Waals surface area (Å²) in [5.74, 6) is 0.906. The predicted molar refractivity (Wildman–Crippen MR) is 148 cm³/mol. The quantitative estimate of drug-likeness (QED) is 0.332. The highest BCUT2D eigenvalue weighted by Gasteiger charge is 2.33. The second-order valence-electron chi connectivity index (χ2n) is 10.1. The number of nitrogens with one attached hydrogen (secondary N) is 1. The molecule has 9 nitrogen and oxygen atoms in total. The number of hydrogen-bond acceptors (Lipinski definition) is 6. The molecule has 0 saturated carbocycles. The maximum Gasteiger partial charge on any atom is 0.159 e. The Morgan fingerprint density at radius 1 is 1.08 bits per heavy atom. The van der Waals surface area contributed by atoms with Crippen LogP contribution in [0, 0.1) is 0 Å². The lowest BCUT2D eigenvalue weighted by Gasteiger charge is -2.44. The summed E-state index contributed by atoms with van der Waals surface area (Å²) in [5.41, 5.74) is 11.6. The zero-order valence-corrected chi connectivity index (χ0v) is 22.2. The third-order valence-electron chi connectivity index (χ3n) is 7.57. The van der Waals surface area contributed by atoms with E-state index in [0.29, 0.717) is 23.7 Å². The Kier molecular flexibility index (Phi) is 6.12. The van der Waals surface area contributed by atoms with Crippen LogP contribution in [0.1, 0.15) is 45.2 Å². The summed E-state index contributed by atoms with van der Waals surface area (Å²) in [7, 11) is 1.91. The maximum atomic E-state index is 6.94. The van der Waals surface area contributed by atoms with Gasteiger partial charge in [0.15, 0.2) is 5.65 Å². The van der Waals surface area contributed by atoms with Crippen LogP contribution >= 0.6 is 11.6 Å². The first-order chi connectivity index (χ1) is 17.9. The van der Waals surface area contributed by atoms with Crippen LogP contribution in [-0.2, 0) is 13.6 Å². The number of rotatable bonds is 6. The fraction of sp³-hybridized carbons (Fsp3) is 0.407. The number of benzene rings is 1. The number of halogens is 1. The van der Waals surface area contributed by atoms with Crippen LogP contribution in [0.15, 0.2) is 43.0 Å². The first-order valence-corrected chi connectivity index (χ1v) is 13.4. The average molecular weight is 518 g/mol. The van der Waals surface area contributed by atoms with Gasteiger partial charge in [0.05, 0.1) is 29.0 Å². The third kappa shape index (κ3) is 4.26. The monoisotopic (exact) mass is 517 g/mol. The Bertz CT molecular complexity index is 1550. The summed E-state index contributed by atoms with van der Waals surface area (Å²) in [6.45, 7) is 5.02. The molecule has 1 saturated heterocycles. The smallest absolute Gasteiger partial charge is 0.159 e. The molecule has 1 aromatic carbocycles. The predicted octanol–water partition coefficient (Wildman–Crippen LogP) is 4.89. The standard InChI is InChI=1S/C27H32ClN9/c1-4-18-10-16(29)11-19(5-2)37(18)24-13-30-26-21(12-31-27(26)32-24)20-6-7-23-22(25(20)28)15-36(34-23)14-17-8-9-35(3)33-17/h6-9,12-13,15-16,18-19H,4-5,10-11,14,29H2,1-3H3,(H,31,32)/t16-,18+,19-. The summed E-state index contributed by atoms with van der Waals surface area (Å²) < 4.78 is 3.67. The lowest BCUT2D eigenvalue weighted by molar-refractivity contribution is 0.329. The van der Waals surface area contributed by atoms with E-state index < -0.39 is 0 Å². The molecule has 5 aromatic rings. The van der Waals surface area contributed by atoms with Crippen molar-refractivity contribution >= 4 is 39.5 Å². The van der Waals surface area contributed by atoms with Crippen LogP contribution in [0.3, 0.4) is 0 Å². The second-order valence-corrected chi connectivity index (χ2v) is 10.4. The van der Waals surface area contributed by atoms with Crippen molar-refractivity contribution in [2.24, 2.45) is 12.8 Å². The van der Waals surface area contributed by atoms with Gasteiger partial charge in [0.1, 0.15) is 11.3 Å². The highest BCUT2D eigenvalue weighted by Crippen LogP contribution is 2.38. The van der Waals surface area contributed by atoms with E-state index in [1.54, 1.807) is 4.68 Å². The fourth-order valence-electron chi connectivity index (χ4n) is 5.75. The summed E-state index contributed by atoms with van der Waals surface area (Å²) >= 11 is 6.94. The molecule has 0 bridgehead atoms. The molecule has 0 radical (unpaired) electrons. The van der Waals surface area contributed by atoms with Crippen molar-refractivity contribution in [1.29, 1.82) is 0 Å². The number of nitrogens with two attached hydrogens (primary N) is 1. The molecule has 4 aromatic heterocycles. The lowest BCUT2D eigenvalue weighted by Crippen LogP contribution is -2.53. The van der Waals surface area contributed by atoms with Gasteiger partial charge in [0, 0.05) is 60.3 Å². The number of fused-ring (bicyclic) bond motifs is 2. The molecule has 0 spiro atoms. The Morgan fingerprint density at radius 3 is 2.57 bits per heavy atom. The van der Waals surface area contributed by atoms with Crippen LogP contribution < -0.4 is 10.6 Å². The molecule has 3 atom stereocenters. The Balaban J connectivity index is 1.35. The summed E-state index contributed by atoms with van der Waals surface area (Å²) in [6, 6.07) is 6.98. The molecule has 37 heavy (non-hydrogen) atoms. The Labute approximate surface area is 220 Å². The molecule has 0 unspecified atom stereocenters. The molecule has 192 valence electrons. The van der Waals surface area contributed by atoms with Gasteiger partial charge < -0.3 is 15.6 Å². The minimum Gasteiger partial charge on any atom is -0.349 e. The molecule has 1 aliphatic rings. The first kappa shape index (κ1) is 23.9. The van der Waals surface area contributed by atoms with Gasteiger partial charge in [-0.15, -0.1) is 0 Å². The van der Waals surface area contributed by atoms with E-state index in [9.17, 15) is 0 Å². The van der Waals surface area contributed by atoms with Gasteiger partial charge in [-0.1, -0.05) is 31.5 Å². The molecule has 1 fully saturated rings. The minimum absolute atomic E-state index is 0.241. The largest absolute Gasteiger partial charge is 0.349 e. The van der Waals surface area contributed by atoms with Crippen molar-refractivity contribution < 1.29 is 0 Å². The van der Waals surface area contributed by atoms with Gasteiger partial charge in [0.2, 0.25) is 0 Å². The first-order valence-electron chi connectivity index (χ1n) is 13.0. The normalized spacial score (nSPS) is 20.4. The number of hydrogen-bond donors (Lipinski definition) is 2. The third-order valence-corrected chi connectivity index (χ3v) is 7.97. The number of nitrogens with zero attached hydrogens (tertiary/aromatic N) is 7. The summed E-state index contributed by atoms with van der Waals surface area (Å²) in [5, 5.41) is 10.7. The minimum atomic E-state index is 0.241. The Morgan fingerprint density at radius 2 is 1.86 bits per heavy atom. The van der Waals surface area contributed by atoms with Crippen LogP contribution in [0.2, 0.25) is 5.02 Å². The zero-order valence-electron chi connectivity index (χ0n) is 21.4. The molecule has 3 N–H and O–H groups in total.